The van der Waals surface area contributed by atoms with Gasteiger partial charge in [-0.1, -0.05) is 0 Å². The second-order valence-corrected chi connectivity index (χ2v) is 17.5. The molecule has 30 atom stereocenters. The molecule has 0 aromatic rings. The standard InChI is InChI=1S/C38H63NO31/c1-7-26(20(51)22(53)33(59)60-7)65-38-31(28(16(47)11(5-42)63-38)68-36-24(55)19(50)15(46)10(4-41)62-36)70-37-25(56)21(52)29(30(69-37)32(57)58)67-34-13(39-8(2)44)17(48)27(12(6-43)64-34)66-35-23(54)18(49)14(45)9(3-40)61-35/h7,9-31,33-38,40-43,45-56,59H,3-6H2,1-2H3,(H,39,44)(H,57,58)/t7-,9+,10+,11+,12+,13+,14+,15-,16+,17+,18-,19-,20-,21+,22+,23+,24+,25+,26-,27+,28-,29-,30-,31-,33+,34-,35+,36+,37-,38+/m0/s1. The van der Waals surface area contributed by atoms with E-state index in [1.165, 1.54) is 6.92 Å². The Balaban J connectivity index is 1.28. The highest BCUT2D eigenvalue weighted by molar-refractivity contribution is 5.74. The van der Waals surface area contributed by atoms with E-state index < -0.39 is 222 Å². The predicted molar refractivity (Wildman–Crippen MR) is 210 cm³/mol. The largest absolute Gasteiger partial charge is 0.479 e. The Morgan fingerprint density at radius 1 is 0.414 bits per heavy atom. The summed E-state index contributed by atoms with van der Waals surface area (Å²) < 4.78 is 62.2. The van der Waals surface area contributed by atoms with Crippen LogP contribution in [0.5, 0.6) is 0 Å². The van der Waals surface area contributed by atoms with Crippen LogP contribution in [0.15, 0.2) is 0 Å². The summed E-state index contributed by atoms with van der Waals surface area (Å²) in [5, 5.41) is 193. The normalized spacial score (nSPS) is 51.4. The van der Waals surface area contributed by atoms with Crippen molar-refractivity contribution in [3.05, 3.63) is 0 Å². The summed E-state index contributed by atoms with van der Waals surface area (Å²) in [7, 11) is 0. The van der Waals surface area contributed by atoms with Crippen LogP contribution in [0.4, 0.5) is 0 Å². The molecule has 6 saturated heterocycles. The van der Waals surface area contributed by atoms with Gasteiger partial charge in [0, 0.05) is 6.92 Å². The summed E-state index contributed by atoms with van der Waals surface area (Å²) in [6, 6.07) is -1.83. The fraction of sp³-hybridized carbons (Fsp3) is 0.947. The van der Waals surface area contributed by atoms with Gasteiger partial charge in [0.15, 0.2) is 43.8 Å². The number of hydrogen-bond donors (Lipinski definition) is 19. The SMILES string of the molecule is CC(=O)N[C@H]1[C@H](O[C@H]2[C@H](O)[C@@H](O)[C@H](O[C@@H]3[C@@H](O[C@@H]4[C@@H](O)[C@@H](O)[C@H](O)O[C@H]4C)O[C@H](CO)[C@@H](O)[C@@H]3O[C@H]3O[C@H](CO)[C@H](O)[C@H](O)[C@H]3O)O[C@@H]2C(=O)O)O[C@H](CO)[C@@H](O[C@H]2O[C@H](CO)[C@@H](O)[C@H](O)[C@H]2O)[C@@H]1O. The number of carboxylic acid groups (broad SMARTS) is 1. The van der Waals surface area contributed by atoms with E-state index in [1.54, 1.807) is 0 Å². The van der Waals surface area contributed by atoms with Crippen molar-refractivity contribution in [3.8, 4) is 0 Å². The van der Waals surface area contributed by atoms with Crippen molar-refractivity contribution >= 4 is 11.9 Å². The fourth-order valence-electron chi connectivity index (χ4n) is 8.83. The number of nitrogens with one attached hydrogen (secondary N) is 1. The second-order valence-electron chi connectivity index (χ2n) is 17.5. The van der Waals surface area contributed by atoms with E-state index >= 15 is 0 Å². The second kappa shape index (κ2) is 24.0. The van der Waals surface area contributed by atoms with Crippen molar-refractivity contribution in [2.45, 2.75) is 198 Å². The summed E-state index contributed by atoms with van der Waals surface area (Å²) >= 11 is 0. The number of rotatable bonds is 16. The smallest absolute Gasteiger partial charge is 0.335 e. The zero-order valence-electron chi connectivity index (χ0n) is 37.0. The molecule has 0 aliphatic carbocycles. The Morgan fingerprint density at radius 3 is 1.34 bits per heavy atom. The lowest BCUT2D eigenvalue weighted by Gasteiger charge is -2.51. The monoisotopic (exact) mass is 1030 g/mol. The molecule has 0 radical (unpaired) electrons. The molecule has 0 unspecified atom stereocenters. The third kappa shape index (κ3) is 11.7. The van der Waals surface area contributed by atoms with E-state index in [4.69, 9.17) is 52.1 Å². The Bertz CT molecular complexity index is 1690. The van der Waals surface area contributed by atoms with Gasteiger partial charge in [0.25, 0.3) is 0 Å². The molecule has 0 spiro atoms. The first-order valence-corrected chi connectivity index (χ1v) is 22.0. The molecule has 0 bridgehead atoms. The van der Waals surface area contributed by atoms with Gasteiger partial charge in [-0.15, -0.1) is 0 Å². The highest BCUT2D eigenvalue weighted by atomic mass is 16.8. The fourth-order valence-corrected chi connectivity index (χ4v) is 8.83. The molecule has 70 heavy (non-hydrogen) atoms. The van der Waals surface area contributed by atoms with Crippen molar-refractivity contribution in [1.82, 2.24) is 5.32 Å². The van der Waals surface area contributed by atoms with Crippen molar-refractivity contribution in [2.75, 3.05) is 26.4 Å². The summed E-state index contributed by atoms with van der Waals surface area (Å²) in [4.78, 5) is 25.3. The third-order valence-electron chi connectivity index (χ3n) is 12.8. The molecule has 0 aromatic carbocycles. The van der Waals surface area contributed by atoms with Crippen LogP contribution >= 0.6 is 0 Å². The summed E-state index contributed by atoms with van der Waals surface area (Å²) in [6.07, 6.45) is -57.8. The number of aliphatic hydroxyl groups excluding tert-OH is 17. The Kier molecular flexibility index (Phi) is 19.6. The summed E-state index contributed by atoms with van der Waals surface area (Å²) in [5.74, 6) is -2.84. The molecule has 1 amide bonds. The number of carbonyl (C=O) groups excluding carboxylic acids is 1. The first kappa shape index (κ1) is 57.1. The zero-order chi connectivity index (χ0) is 51.8. The van der Waals surface area contributed by atoms with Gasteiger partial charge < -0.3 is 149 Å². The van der Waals surface area contributed by atoms with E-state index in [1.807, 2.05) is 0 Å². The summed E-state index contributed by atoms with van der Waals surface area (Å²) in [5.41, 5.74) is 0. The summed E-state index contributed by atoms with van der Waals surface area (Å²) in [6.45, 7) is -1.69. The number of amides is 1. The predicted octanol–water partition coefficient (Wildman–Crippen LogP) is -12.8. The van der Waals surface area contributed by atoms with Gasteiger partial charge in [-0.25, -0.2) is 4.79 Å². The maximum absolute atomic E-state index is 12.9. The van der Waals surface area contributed by atoms with Crippen LogP contribution in [0, 0.1) is 0 Å². The molecular formula is C38H63NO31. The number of ether oxygens (including phenoxy) is 11. The van der Waals surface area contributed by atoms with Crippen LogP contribution in [0.1, 0.15) is 13.8 Å². The number of aliphatic hydroxyl groups is 17. The van der Waals surface area contributed by atoms with E-state index in [0.29, 0.717) is 0 Å². The first-order chi connectivity index (χ1) is 33.0. The molecule has 406 valence electrons. The van der Waals surface area contributed by atoms with E-state index in [9.17, 15) is 102 Å². The molecular weight excluding hydrogens is 966 g/mol. The van der Waals surface area contributed by atoms with Crippen molar-refractivity contribution in [1.29, 1.82) is 0 Å². The van der Waals surface area contributed by atoms with Crippen molar-refractivity contribution in [3.63, 3.8) is 0 Å². The molecule has 6 fully saturated rings. The van der Waals surface area contributed by atoms with Crippen molar-refractivity contribution in [2.24, 2.45) is 0 Å². The molecule has 0 aromatic heterocycles. The van der Waals surface area contributed by atoms with Gasteiger partial charge in [-0.05, 0) is 6.92 Å². The van der Waals surface area contributed by atoms with E-state index in [0.717, 1.165) is 6.92 Å². The highest BCUT2D eigenvalue weighted by Gasteiger charge is 2.59. The average Bonchev–Trinajstić information content (AvgIpc) is 3.32. The molecule has 0 saturated carbocycles. The molecule has 6 rings (SSSR count). The van der Waals surface area contributed by atoms with Crippen LogP contribution in [0.25, 0.3) is 0 Å². The number of aliphatic carboxylic acids is 1. The number of carbonyl (C=O) groups is 2. The van der Waals surface area contributed by atoms with Crippen LogP contribution in [0.3, 0.4) is 0 Å². The van der Waals surface area contributed by atoms with Gasteiger partial charge in [-0.2, -0.15) is 0 Å². The third-order valence-corrected chi connectivity index (χ3v) is 12.8. The lowest BCUT2D eigenvalue weighted by Crippen LogP contribution is -2.70. The van der Waals surface area contributed by atoms with Gasteiger partial charge >= 0.3 is 5.97 Å². The lowest BCUT2D eigenvalue weighted by atomic mass is 9.94. The molecule has 32 nitrogen and oxygen atoms in total. The van der Waals surface area contributed by atoms with Gasteiger partial charge in [0.05, 0.1) is 32.5 Å². The van der Waals surface area contributed by atoms with Crippen LogP contribution in [-0.4, -0.2) is 314 Å². The number of carboxylic acids is 1. The molecule has 6 aliphatic rings. The highest BCUT2D eigenvalue weighted by Crippen LogP contribution is 2.38. The maximum atomic E-state index is 12.9. The minimum absolute atomic E-state index is 0.877. The first-order valence-electron chi connectivity index (χ1n) is 22.0. The van der Waals surface area contributed by atoms with Gasteiger partial charge in [-0.3, -0.25) is 4.79 Å². The number of hydrogen-bond acceptors (Lipinski definition) is 30. The van der Waals surface area contributed by atoms with Crippen LogP contribution in [-0.2, 0) is 61.7 Å². The van der Waals surface area contributed by atoms with E-state index in [2.05, 4.69) is 5.32 Å². The van der Waals surface area contributed by atoms with Crippen LogP contribution < -0.4 is 5.32 Å². The average molecular weight is 1030 g/mol. The molecule has 6 aliphatic heterocycles. The zero-order valence-corrected chi connectivity index (χ0v) is 37.0. The Hall–Kier alpha value is -2.18. The molecule has 6 heterocycles. The Morgan fingerprint density at radius 2 is 0.829 bits per heavy atom. The van der Waals surface area contributed by atoms with Crippen molar-refractivity contribution < 1.29 is 154 Å². The molecule has 32 heteroatoms. The minimum atomic E-state index is -2.46. The quantitative estimate of drug-likeness (QED) is 0.0682. The maximum Gasteiger partial charge on any atom is 0.335 e. The van der Waals surface area contributed by atoms with Gasteiger partial charge in [0.1, 0.15) is 134 Å². The minimum Gasteiger partial charge on any atom is -0.479 e. The van der Waals surface area contributed by atoms with Crippen LogP contribution in [0.2, 0.25) is 0 Å². The Labute approximate surface area is 395 Å². The molecule has 19 N–H and O–H groups in total. The van der Waals surface area contributed by atoms with Gasteiger partial charge in [0.2, 0.25) is 5.91 Å². The topological polar surface area (TPSA) is 512 Å². The van der Waals surface area contributed by atoms with E-state index in [-0.39, 0.29) is 0 Å². The lowest BCUT2D eigenvalue weighted by molar-refractivity contribution is -0.406.